The molecule has 7 heteroatoms. The third kappa shape index (κ3) is 2.88. The highest BCUT2D eigenvalue weighted by molar-refractivity contribution is 5.94. The second kappa shape index (κ2) is 6.19. The number of halogens is 2. The third-order valence-corrected chi connectivity index (χ3v) is 3.63. The normalized spacial score (nSPS) is 12.1. The van der Waals surface area contributed by atoms with E-state index >= 15 is 0 Å². The number of hydrogen-bond acceptors (Lipinski definition) is 3. The van der Waals surface area contributed by atoms with Gasteiger partial charge >= 0.3 is 0 Å². The van der Waals surface area contributed by atoms with Crippen molar-refractivity contribution in [2.45, 2.75) is 13.0 Å². The molecule has 1 aromatic carbocycles. The number of carbonyl (C=O) groups excluding carboxylic acids is 1. The average molecular weight is 329 g/mol. The van der Waals surface area contributed by atoms with E-state index in [1.165, 1.54) is 22.9 Å². The van der Waals surface area contributed by atoms with Crippen molar-refractivity contribution in [2.75, 3.05) is 0 Å². The monoisotopic (exact) mass is 329 g/mol. The van der Waals surface area contributed by atoms with E-state index in [-0.39, 0.29) is 11.1 Å². The molecule has 3 rings (SSSR count). The van der Waals surface area contributed by atoms with Gasteiger partial charge in [-0.1, -0.05) is 12.1 Å². The topological polar surface area (TPSA) is 63.5 Å². The van der Waals surface area contributed by atoms with Gasteiger partial charge in [-0.15, -0.1) is 0 Å². The van der Waals surface area contributed by atoms with E-state index in [0.717, 1.165) is 12.1 Å². The average Bonchev–Trinajstić information content (AvgIpc) is 2.55. The standard InChI is InChI=1S/C17H13F2N3O2/c1-10(12-6-5-11(18)8-14(12)19)21-16(23)13-9-20-15-4-2-3-7-22(15)17(13)24/h2-10H,1H3,(H,21,23)/t10-/m0/s1. The molecule has 1 atom stereocenters. The number of nitrogens with zero attached hydrogens (tertiary/aromatic N) is 2. The highest BCUT2D eigenvalue weighted by Crippen LogP contribution is 2.18. The third-order valence-electron chi connectivity index (χ3n) is 3.63. The Labute approximate surface area is 135 Å². The summed E-state index contributed by atoms with van der Waals surface area (Å²) in [6.45, 7) is 1.54. The summed E-state index contributed by atoms with van der Waals surface area (Å²) in [4.78, 5) is 28.7. The van der Waals surface area contributed by atoms with Crippen LogP contribution in [0.1, 0.15) is 28.9 Å². The molecule has 5 nitrogen and oxygen atoms in total. The van der Waals surface area contributed by atoms with Crippen LogP contribution in [0.3, 0.4) is 0 Å². The Hall–Kier alpha value is -3.09. The zero-order valence-corrected chi connectivity index (χ0v) is 12.7. The predicted molar refractivity (Wildman–Crippen MR) is 83.7 cm³/mol. The Kier molecular flexibility index (Phi) is 4.07. The summed E-state index contributed by atoms with van der Waals surface area (Å²) in [6.07, 6.45) is 2.69. The van der Waals surface area contributed by atoms with Crippen molar-refractivity contribution in [1.29, 1.82) is 0 Å². The molecular formula is C17H13F2N3O2. The maximum Gasteiger partial charge on any atom is 0.270 e. The molecule has 122 valence electrons. The Morgan fingerprint density at radius 2 is 2.04 bits per heavy atom. The summed E-state index contributed by atoms with van der Waals surface area (Å²) in [5.74, 6) is -2.15. The molecule has 0 fully saturated rings. The molecule has 0 unspecified atom stereocenters. The minimum absolute atomic E-state index is 0.124. The zero-order valence-electron chi connectivity index (χ0n) is 12.7. The van der Waals surface area contributed by atoms with Crippen molar-refractivity contribution in [3.8, 4) is 0 Å². The van der Waals surface area contributed by atoms with E-state index in [2.05, 4.69) is 10.3 Å². The second-order valence-corrected chi connectivity index (χ2v) is 5.27. The molecule has 0 saturated carbocycles. The lowest BCUT2D eigenvalue weighted by molar-refractivity contribution is 0.0937. The Bertz CT molecular complexity index is 985. The molecule has 2 aromatic heterocycles. The van der Waals surface area contributed by atoms with Crippen molar-refractivity contribution in [2.24, 2.45) is 0 Å². The van der Waals surface area contributed by atoms with Gasteiger partial charge < -0.3 is 5.32 Å². The number of hydrogen-bond donors (Lipinski definition) is 1. The van der Waals surface area contributed by atoms with Gasteiger partial charge in [0.05, 0.1) is 6.04 Å². The summed E-state index contributed by atoms with van der Waals surface area (Å²) in [6, 6.07) is 7.36. The maximum atomic E-state index is 13.8. The van der Waals surface area contributed by atoms with Crippen molar-refractivity contribution >= 4 is 11.6 Å². The number of carbonyl (C=O) groups is 1. The van der Waals surface area contributed by atoms with Crippen LogP contribution < -0.4 is 10.9 Å². The minimum Gasteiger partial charge on any atom is -0.345 e. The van der Waals surface area contributed by atoms with Crippen molar-refractivity contribution in [3.05, 3.63) is 81.9 Å². The quantitative estimate of drug-likeness (QED) is 0.803. The van der Waals surface area contributed by atoms with Gasteiger partial charge in [0.2, 0.25) is 0 Å². The largest absolute Gasteiger partial charge is 0.345 e. The van der Waals surface area contributed by atoms with Gasteiger partial charge in [-0.2, -0.15) is 0 Å². The highest BCUT2D eigenvalue weighted by Gasteiger charge is 2.18. The molecule has 1 amide bonds. The SMILES string of the molecule is C[C@H](NC(=O)c1cnc2ccccn2c1=O)c1ccc(F)cc1F. The van der Waals surface area contributed by atoms with E-state index < -0.39 is 29.1 Å². The lowest BCUT2D eigenvalue weighted by Crippen LogP contribution is -2.33. The molecule has 0 aliphatic carbocycles. The lowest BCUT2D eigenvalue weighted by Gasteiger charge is -2.15. The van der Waals surface area contributed by atoms with Crippen molar-refractivity contribution < 1.29 is 13.6 Å². The second-order valence-electron chi connectivity index (χ2n) is 5.27. The van der Waals surface area contributed by atoms with Crippen LogP contribution in [0.2, 0.25) is 0 Å². The number of aromatic nitrogens is 2. The van der Waals surface area contributed by atoms with Gasteiger partial charge in [-0.3, -0.25) is 14.0 Å². The molecule has 0 spiro atoms. The van der Waals surface area contributed by atoms with Crippen molar-refractivity contribution in [3.63, 3.8) is 0 Å². The molecule has 3 aromatic rings. The Morgan fingerprint density at radius 1 is 1.25 bits per heavy atom. The lowest BCUT2D eigenvalue weighted by atomic mass is 10.1. The van der Waals surface area contributed by atoms with Gasteiger partial charge in [0.1, 0.15) is 22.8 Å². The summed E-state index contributed by atoms with van der Waals surface area (Å²) >= 11 is 0. The first-order valence-corrected chi connectivity index (χ1v) is 7.19. The fraction of sp³-hybridized carbons (Fsp3) is 0.118. The van der Waals surface area contributed by atoms with Crippen LogP contribution in [-0.2, 0) is 0 Å². The molecule has 1 N–H and O–H groups in total. The summed E-state index contributed by atoms with van der Waals surface area (Å²) in [5.41, 5.74) is -0.145. The van der Waals surface area contributed by atoms with Crippen LogP contribution in [0.15, 0.2) is 53.6 Å². The summed E-state index contributed by atoms with van der Waals surface area (Å²) < 4.78 is 28.0. The number of rotatable bonds is 3. The van der Waals surface area contributed by atoms with Gasteiger partial charge in [-0.25, -0.2) is 13.8 Å². The van der Waals surface area contributed by atoms with E-state index in [4.69, 9.17) is 0 Å². The fourth-order valence-electron chi connectivity index (χ4n) is 2.39. The Balaban J connectivity index is 1.90. The van der Waals surface area contributed by atoms with Crippen molar-refractivity contribution in [1.82, 2.24) is 14.7 Å². The fourth-order valence-corrected chi connectivity index (χ4v) is 2.39. The predicted octanol–water partition coefficient (Wildman–Crippen LogP) is 2.46. The van der Waals surface area contributed by atoms with Gasteiger partial charge in [0.25, 0.3) is 11.5 Å². The van der Waals surface area contributed by atoms with Crippen LogP contribution in [-0.4, -0.2) is 15.3 Å². The summed E-state index contributed by atoms with van der Waals surface area (Å²) in [7, 11) is 0. The molecular weight excluding hydrogens is 316 g/mol. The molecule has 0 radical (unpaired) electrons. The first-order valence-electron chi connectivity index (χ1n) is 7.19. The smallest absolute Gasteiger partial charge is 0.270 e. The molecule has 0 aliphatic heterocycles. The molecule has 24 heavy (non-hydrogen) atoms. The van der Waals surface area contributed by atoms with Crippen LogP contribution >= 0.6 is 0 Å². The van der Waals surface area contributed by atoms with E-state index in [9.17, 15) is 18.4 Å². The first-order chi connectivity index (χ1) is 11.5. The van der Waals surface area contributed by atoms with Gasteiger partial charge in [-0.05, 0) is 25.1 Å². The molecule has 0 saturated heterocycles. The van der Waals surface area contributed by atoms with Gasteiger partial charge in [0, 0.05) is 24.0 Å². The number of pyridine rings is 1. The number of fused-ring (bicyclic) bond motifs is 1. The van der Waals surface area contributed by atoms with Crippen LogP contribution in [0.25, 0.3) is 5.65 Å². The first kappa shape index (κ1) is 15.8. The van der Waals surface area contributed by atoms with E-state index in [1.54, 1.807) is 25.1 Å². The van der Waals surface area contributed by atoms with Crippen LogP contribution in [0.4, 0.5) is 8.78 Å². The number of amides is 1. The maximum absolute atomic E-state index is 13.8. The highest BCUT2D eigenvalue weighted by atomic mass is 19.1. The van der Waals surface area contributed by atoms with Crippen LogP contribution in [0, 0.1) is 11.6 Å². The summed E-state index contributed by atoms with van der Waals surface area (Å²) in [5, 5.41) is 2.52. The van der Waals surface area contributed by atoms with E-state index in [1.807, 2.05) is 0 Å². The van der Waals surface area contributed by atoms with Crippen LogP contribution in [0.5, 0.6) is 0 Å². The molecule has 0 bridgehead atoms. The molecule has 0 aliphatic rings. The molecule has 2 heterocycles. The number of nitrogens with one attached hydrogen (secondary N) is 1. The number of benzene rings is 1. The minimum atomic E-state index is -0.767. The van der Waals surface area contributed by atoms with E-state index in [0.29, 0.717) is 5.65 Å². The van der Waals surface area contributed by atoms with Gasteiger partial charge in [0.15, 0.2) is 0 Å². The zero-order chi connectivity index (χ0) is 17.3. The Morgan fingerprint density at radius 3 is 2.79 bits per heavy atom.